The molecular weight excluding hydrogens is 473 g/mol. The van der Waals surface area contributed by atoms with Crippen LogP contribution in [0.25, 0.3) is 17.1 Å². The largest absolute Gasteiger partial charge is 0.486 e. The molecule has 0 amide bonds. The lowest BCUT2D eigenvalue weighted by atomic mass is 10.1. The van der Waals surface area contributed by atoms with Crippen LogP contribution in [0, 0.1) is 38.9 Å². The van der Waals surface area contributed by atoms with Crippen LogP contribution < -0.4 is 10.3 Å². The van der Waals surface area contributed by atoms with Gasteiger partial charge in [-0.15, -0.1) is 6.42 Å². The highest BCUT2D eigenvalue weighted by molar-refractivity contribution is 5.60. The minimum Gasteiger partial charge on any atom is -0.486 e. The van der Waals surface area contributed by atoms with Crippen molar-refractivity contribution in [2.24, 2.45) is 0 Å². The van der Waals surface area contributed by atoms with Gasteiger partial charge in [-0.05, 0) is 63.9 Å². The van der Waals surface area contributed by atoms with Crippen LogP contribution in [0.5, 0.6) is 5.75 Å². The van der Waals surface area contributed by atoms with E-state index in [1.165, 1.54) is 10.6 Å². The van der Waals surface area contributed by atoms with E-state index in [0.717, 1.165) is 5.56 Å². The van der Waals surface area contributed by atoms with E-state index in [4.69, 9.17) is 11.2 Å². The average Bonchev–Trinajstić information content (AvgIpc) is 2.84. The van der Waals surface area contributed by atoms with Crippen molar-refractivity contribution in [3.05, 3.63) is 92.9 Å². The maximum absolute atomic E-state index is 14.2. The summed E-state index contributed by atoms with van der Waals surface area (Å²) in [7, 11) is 0. The van der Waals surface area contributed by atoms with Crippen LogP contribution in [0.1, 0.15) is 47.8 Å². The van der Waals surface area contributed by atoms with Crippen LogP contribution in [-0.4, -0.2) is 29.6 Å². The van der Waals surface area contributed by atoms with E-state index in [9.17, 15) is 14.3 Å². The molecule has 0 fully saturated rings. The molecule has 4 aromatic heterocycles. The molecule has 0 aromatic carbocycles. The molecule has 0 radical (unpaired) electrons. The van der Waals surface area contributed by atoms with Crippen LogP contribution in [0.3, 0.4) is 0 Å². The predicted molar refractivity (Wildman–Crippen MR) is 137 cm³/mol. The van der Waals surface area contributed by atoms with Gasteiger partial charge in [-0.2, -0.15) is 0 Å². The average molecular weight is 500 g/mol. The maximum atomic E-state index is 14.2. The third-order valence-electron chi connectivity index (χ3n) is 5.70. The van der Waals surface area contributed by atoms with Crippen molar-refractivity contribution in [3.63, 3.8) is 0 Å². The summed E-state index contributed by atoms with van der Waals surface area (Å²) in [5.41, 5.74) is 1.93. The van der Waals surface area contributed by atoms with Gasteiger partial charge in [0.15, 0.2) is 5.82 Å². The van der Waals surface area contributed by atoms with Gasteiger partial charge in [0.1, 0.15) is 35.0 Å². The van der Waals surface area contributed by atoms with E-state index < -0.39 is 17.0 Å². The first-order valence-electron chi connectivity index (χ1n) is 11.5. The summed E-state index contributed by atoms with van der Waals surface area (Å²) >= 11 is 0. The maximum Gasteiger partial charge on any atom is 0.274 e. The number of aromatic nitrogens is 5. The highest BCUT2D eigenvalue weighted by Gasteiger charge is 2.21. The Bertz CT molecular complexity index is 1600. The number of halogens is 1. The van der Waals surface area contributed by atoms with Gasteiger partial charge in [0.2, 0.25) is 0 Å². The van der Waals surface area contributed by atoms with Crippen molar-refractivity contribution in [2.45, 2.75) is 46.8 Å². The van der Waals surface area contributed by atoms with Crippen LogP contribution in [0.4, 0.5) is 4.39 Å². The molecule has 4 heterocycles. The fourth-order valence-corrected chi connectivity index (χ4v) is 3.75. The molecule has 37 heavy (non-hydrogen) atoms. The van der Waals surface area contributed by atoms with E-state index in [1.807, 2.05) is 6.92 Å². The molecule has 0 atom stereocenters. The number of aliphatic hydroxyl groups is 1. The molecule has 0 spiro atoms. The monoisotopic (exact) mass is 499 g/mol. The summed E-state index contributed by atoms with van der Waals surface area (Å²) in [6, 6.07) is 6.41. The first-order chi connectivity index (χ1) is 17.5. The zero-order valence-corrected chi connectivity index (χ0v) is 21.2. The number of nitrogens with zero attached hydrogens (tertiary/aromatic N) is 5. The Kier molecular flexibility index (Phi) is 6.88. The first-order valence-corrected chi connectivity index (χ1v) is 11.5. The van der Waals surface area contributed by atoms with Crippen molar-refractivity contribution in [1.82, 2.24) is 24.5 Å². The third kappa shape index (κ3) is 5.25. The van der Waals surface area contributed by atoms with Crippen LogP contribution in [0.15, 0.2) is 47.7 Å². The van der Waals surface area contributed by atoms with E-state index in [2.05, 4.69) is 25.9 Å². The molecule has 0 aliphatic heterocycles. The standard InChI is InChI=1S/C28H26FN5O3/c1-7-19-25(37-15-23-20(29)10-16(2)13-31-23)11-18(4)34(26(19)35)24-12-22(32-14-17(24)3)21-8-9-30-27(33-21)28(5,6)36/h1,8-14,36H,15H2,2-6H3. The number of aryl methyl sites for hydroxylation is 3. The van der Waals surface area contributed by atoms with Crippen molar-refractivity contribution in [3.8, 4) is 35.2 Å². The normalized spacial score (nSPS) is 11.3. The highest BCUT2D eigenvalue weighted by atomic mass is 19.1. The molecular formula is C28H26FN5O3. The second-order valence-electron chi connectivity index (χ2n) is 9.22. The van der Waals surface area contributed by atoms with Gasteiger partial charge < -0.3 is 9.84 Å². The molecule has 0 saturated carbocycles. The summed E-state index contributed by atoms with van der Waals surface area (Å²) in [5.74, 6) is 2.33. The number of rotatable bonds is 6. The minimum absolute atomic E-state index is 0.00207. The van der Waals surface area contributed by atoms with E-state index in [1.54, 1.807) is 64.5 Å². The Morgan fingerprint density at radius 3 is 2.54 bits per heavy atom. The van der Waals surface area contributed by atoms with E-state index >= 15 is 0 Å². The zero-order chi connectivity index (χ0) is 26.9. The predicted octanol–water partition coefficient (Wildman–Crippen LogP) is 3.94. The van der Waals surface area contributed by atoms with Crippen LogP contribution >= 0.6 is 0 Å². The Morgan fingerprint density at radius 1 is 1.11 bits per heavy atom. The molecule has 0 unspecified atom stereocenters. The van der Waals surface area contributed by atoms with Gasteiger partial charge in [0.25, 0.3) is 5.56 Å². The number of hydrogen-bond acceptors (Lipinski definition) is 7. The zero-order valence-electron chi connectivity index (χ0n) is 21.2. The molecule has 188 valence electrons. The van der Waals surface area contributed by atoms with E-state index in [-0.39, 0.29) is 29.4 Å². The van der Waals surface area contributed by atoms with Crippen LogP contribution in [0.2, 0.25) is 0 Å². The van der Waals surface area contributed by atoms with Crippen LogP contribution in [-0.2, 0) is 12.2 Å². The van der Waals surface area contributed by atoms with E-state index in [0.29, 0.717) is 28.3 Å². The fraction of sp³-hybridized carbons (Fsp3) is 0.250. The summed E-state index contributed by atoms with van der Waals surface area (Å²) in [6.45, 7) is 8.32. The lowest BCUT2D eigenvalue weighted by molar-refractivity contribution is 0.0688. The van der Waals surface area contributed by atoms with Gasteiger partial charge in [0.05, 0.1) is 17.1 Å². The van der Waals surface area contributed by atoms with Crippen molar-refractivity contribution in [2.75, 3.05) is 0 Å². The summed E-state index contributed by atoms with van der Waals surface area (Å²) in [4.78, 5) is 30.6. The second-order valence-corrected chi connectivity index (χ2v) is 9.22. The Hall–Kier alpha value is -4.42. The van der Waals surface area contributed by atoms with Gasteiger partial charge in [-0.3, -0.25) is 19.3 Å². The number of hydrogen-bond donors (Lipinski definition) is 1. The van der Waals surface area contributed by atoms with Gasteiger partial charge in [-0.1, -0.05) is 5.92 Å². The Labute approximate surface area is 213 Å². The first kappa shape index (κ1) is 25.7. The van der Waals surface area contributed by atoms with Gasteiger partial charge >= 0.3 is 0 Å². The lowest BCUT2D eigenvalue weighted by Crippen LogP contribution is -2.25. The molecule has 8 nitrogen and oxygen atoms in total. The van der Waals surface area contributed by atoms with Crippen molar-refractivity contribution in [1.29, 1.82) is 0 Å². The SMILES string of the molecule is C#Cc1c(OCc2ncc(C)cc2F)cc(C)n(-c2cc(-c3ccnc(C(C)(C)O)n3)ncc2C)c1=O. The van der Waals surface area contributed by atoms with Gasteiger partial charge in [0, 0.05) is 30.4 Å². The smallest absolute Gasteiger partial charge is 0.274 e. The second kappa shape index (κ2) is 9.91. The Balaban J connectivity index is 1.76. The number of ether oxygens (including phenoxy) is 1. The van der Waals surface area contributed by atoms with Gasteiger partial charge in [-0.25, -0.2) is 14.4 Å². The topological polar surface area (TPSA) is 103 Å². The molecule has 9 heteroatoms. The molecule has 0 aliphatic rings. The number of terminal acetylenes is 1. The molecule has 1 N–H and O–H groups in total. The van der Waals surface area contributed by atoms with Crippen molar-refractivity contribution < 1.29 is 14.2 Å². The lowest BCUT2D eigenvalue weighted by Gasteiger charge is -2.18. The summed E-state index contributed by atoms with van der Waals surface area (Å²) in [5, 5.41) is 10.3. The Morgan fingerprint density at radius 2 is 1.86 bits per heavy atom. The molecule has 0 bridgehead atoms. The molecule has 4 aromatic rings. The molecule has 4 rings (SSSR count). The molecule has 0 saturated heterocycles. The summed E-state index contributed by atoms with van der Waals surface area (Å²) < 4.78 is 21.4. The van der Waals surface area contributed by atoms with Crippen molar-refractivity contribution >= 4 is 0 Å². The highest BCUT2D eigenvalue weighted by Crippen LogP contribution is 2.25. The minimum atomic E-state index is -1.23. The third-order valence-corrected chi connectivity index (χ3v) is 5.70. The molecule has 0 aliphatic carbocycles. The summed E-state index contributed by atoms with van der Waals surface area (Å²) in [6.07, 6.45) is 10.4. The fourth-order valence-electron chi connectivity index (χ4n) is 3.75. The number of pyridine rings is 3. The quantitative estimate of drug-likeness (QED) is 0.401.